The SMILES string of the molecule is CC(=O)NCC1CN(c2ccc(-c3ccc(CNCCN4CCNC4=O)cc3)c(F)c2)C(=O)O1. The molecule has 2 aliphatic heterocycles. The van der Waals surface area contributed by atoms with Gasteiger partial charge in [-0.25, -0.2) is 14.0 Å². The van der Waals surface area contributed by atoms with Crippen molar-refractivity contribution in [3.05, 3.63) is 53.8 Å². The van der Waals surface area contributed by atoms with Gasteiger partial charge in [-0.15, -0.1) is 0 Å². The molecule has 2 saturated heterocycles. The predicted molar refractivity (Wildman–Crippen MR) is 125 cm³/mol. The van der Waals surface area contributed by atoms with Crippen molar-refractivity contribution in [3.8, 4) is 11.1 Å². The van der Waals surface area contributed by atoms with E-state index in [1.165, 1.54) is 17.9 Å². The third kappa shape index (κ3) is 5.63. The number of hydrogen-bond donors (Lipinski definition) is 3. The first kappa shape index (κ1) is 23.5. The molecule has 0 saturated carbocycles. The van der Waals surface area contributed by atoms with E-state index in [1.54, 1.807) is 17.0 Å². The van der Waals surface area contributed by atoms with Crippen LogP contribution in [0, 0.1) is 5.82 Å². The summed E-state index contributed by atoms with van der Waals surface area (Å²) in [6, 6.07) is 12.2. The fourth-order valence-corrected chi connectivity index (χ4v) is 3.98. The molecule has 9 nitrogen and oxygen atoms in total. The zero-order chi connectivity index (χ0) is 24.1. The van der Waals surface area contributed by atoms with Gasteiger partial charge in [-0.3, -0.25) is 9.69 Å². The molecule has 2 aromatic rings. The second kappa shape index (κ2) is 10.5. The highest BCUT2D eigenvalue weighted by Crippen LogP contribution is 2.29. The summed E-state index contributed by atoms with van der Waals surface area (Å²) in [4.78, 5) is 37.9. The maximum Gasteiger partial charge on any atom is 0.414 e. The molecule has 4 amide bonds. The highest BCUT2D eigenvalue weighted by atomic mass is 19.1. The van der Waals surface area contributed by atoms with E-state index >= 15 is 0 Å². The summed E-state index contributed by atoms with van der Waals surface area (Å²) < 4.78 is 20.2. The lowest BCUT2D eigenvalue weighted by Crippen LogP contribution is -2.34. The molecule has 180 valence electrons. The lowest BCUT2D eigenvalue weighted by atomic mass is 10.0. The third-order valence-electron chi connectivity index (χ3n) is 5.81. The van der Waals surface area contributed by atoms with Crippen molar-refractivity contribution in [2.75, 3.05) is 44.2 Å². The Kier molecular flexibility index (Phi) is 7.27. The second-order valence-corrected chi connectivity index (χ2v) is 8.31. The van der Waals surface area contributed by atoms with E-state index in [0.717, 1.165) is 17.7 Å². The summed E-state index contributed by atoms with van der Waals surface area (Å²) in [5.74, 6) is -0.645. The van der Waals surface area contributed by atoms with Crippen LogP contribution < -0.4 is 20.9 Å². The largest absolute Gasteiger partial charge is 0.442 e. The molecular weight excluding hydrogens is 441 g/mol. The molecule has 0 aliphatic carbocycles. The highest BCUT2D eigenvalue weighted by Gasteiger charge is 2.32. The Morgan fingerprint density at radius 3 is 2.68 bits per heavy atom. The van der Waals surface area contributed by atoms with Crippen molar-refractivity contribution < 1.29 is 23.5 Å². The summed E-state index contributed by atoms with van der Waals surface area (Å²) >= 11 is 0. The van der Waals surface area contributed by atoms with Gasteiger partial charge in [0, 0.05) is 45.2 Å². The van der Waals surface area contributed by atoms with Gasteiger partial charge in [0.05, 0.1) is 18.8 Å². The van der Waals surface area contributed by atoms with E-state index in [1.807, 2.05) is 24.3 Å². The third-order valence-corrected chi connectivity index (χ3v) is 5.81. The topological polar surface area (TPSA) is 103 Å². The van der Waals surface area contributed by atoms with Crippen molar-refractivity contribution >= 4 is 23.7 Å². The Hall–Kier alpha value is -3.66. The Bertz CT molecular complexity index is 1060. The first-order valence-electron chi connectivity index (χ1n) is 11.3. The molecule has 3 N–H and O–H groups in total. The second-order valence-electron chi connectivity index (χ2n) is 8.31. The lowest BCUT2D eigenvalue weighted by molar-refractivity contribution is -0.119. The molecule has 2 heterocycles. The Labute approximate surface area is 197 Å². The Morgan fingerprint density at radius 1 is 1.21 bits per heavy atom. The molecule has 4 rings (SSSR count). The number of ether oxygens (including phenoxy) is 1. The maximum atomic E-state index is 14.9. The highest BCUT2D eigenvalue weighted by molar-refractivity contribution is 5.90. The van der Waals surface area contributed by atoms with Crippen LogP contribution in [0.4, 0.5) is 19.7 Å². The van der Waals surface area contributed by atoms with Gasteiger partial charge in [-0.1, -0.05) is 24.3 Å². The fraction of sp³-hybridized carbons (Fsp3) is 0.375. The number of carbonyl (C=O) groups excluding carboxylic acids is 3. The minimum Gasteiger partial charge on any atom is -0.442 e. The number of amides is 4. The molecule has 2 aromatic carbocycles. The molecule has 1 unspecified atom stereocenters. The Morgan fingerprint density at radius 2 is 2.00 bits per heavy atom. The monoisotopic (exact) mass is 469 g/mol. The van der Waals surface area contributed by atoms with Gasteiger partial charge < -0.3 is 25.6 Å². The molecule has 0 aromatic heterocycles. The molecular formula is C24H28FN5O4. The minimum atomic E-state index is -0.565. The van der Waals surface area contributed by atoms with E-state index in [0.29, 0.717) is 37.4 Å². The van der Waals surface area contributed by atoms with E-state index in [-0.39, 0.29) is 25.0 Å². The van der Waals surface area contributed by atoms with Crippen LogP contribution in [0.3, 0.4) is 0 Å². The number of hydrogen-bond acceptors (Lipinski definition) is 5. The molecule has 34 heavy (non-hydrogen) atoms. The Balaban J connectivity index is 1.32. The van der Waals surface area contributed by atoms with Crippen molar-refractivity contribution in [2.24, 2.45) is 0 Å². The standard InChI is InChI=1S/C24H28FN5O4/c1-16(31)28-14-20-15-30(24(33)34-20)19-6-7-21(22(25)12-19)18-4-2-17(3-5-18)13-26-8-10-29-11-9-27-23(29)32/h2-7,12,20,26H,8-11,13-15H2,1H3,(H,27,32)(H,28,31). The summed E-state index contributed by atoms with van der Waals surface area (Å²) in [5, 5.41) is 8.71. The van der Waals surface area contributed by atoms with E-state index in [4.69, 9.17) is 4.74 Å². The molecule has 2 fully saturated rings. The summed E-state index contributed by atoms with van der Waals surface area (Å²) in [7, 11) is 0. The number of nitrogens with one attached hydrogen (secondary N) is 3. The van der Waals surface area contributed by atoms with Crippen molar-refractivity contribution in [3.63, 3.8) is 0 Å². The zero-order valence-corrected chi connectivity index (χ0v) is 19.0. The number of benzene rings is 2. The fourth-order valence-electron chi connectivity index (χ4n) is 3.98. The summed E-state index contributed by atoms with van der Waals surface area (Å²) in [6.45, 7) is 5.26. The van der Waals surface area contributed by atoms with E-state index in [9.17, 15) is 18.8 Å². The van der Waals surface area contributed by atoms with Gasteiger partial charge in [0.25, 0.3) is 0 Å². The first-order valence-corrected chi connectivity index (χ1v) is 11.3. The van der Waals surface area contributed by atoms with Crippen molar-refractivity contribution in [1.82, 2.24) is 20.9 Å². The van der Waals surface area contributed by atoms with Crippen LogP contribution in [0.5, 0.6) is 0 Å². The number of cyclic esters (lactones) is 1. The van der Waals surface area contributed by atoms with Crippen molar-refractivity contribution in [2.45, 2.75) is 19.6 Å². The smallest absolute Gasteiger partial charge is 0.414 e. The normalized spacial score (nSPS) is 17.6. The zero-order valence-electron chi connectivity index (χ0n) is 19.0. The summed E-state index contributed by atoms with van der Waals surface area (Å²) in [5.41, 5.74) is 2.63. The number of urea groups is 1. The predicted octanol–water partition coefficient (Wildman–Crippen LogP) is 2.07. The van der Waals surface area contributed by atoms with Crippen LogP contribution >= 0.6 is 0 Å². The van der Waals surface area contributed by atoms with E-state index in [2.05, 4.69) is 16.0 Å². The molecule has 0 radical (unpaired) electrons. The average Bonchev–Trinajstić information content (AvgIpc) is 3.40. The van der Waals surface area contributed by atoms with Gasteiger partial charge in [0.2, 0.25) is 5.91 Å². The van der Waals surface area contributed by atoms with Crippen LogP contribution in [-0.2, 0) is 16.1 Å². The molecule has 2 aliphatic rings. The summed E-state index contributed by atoms with van der Waals surface area (Å²) in [6.07, 6.45) is -1.04. The van der Waals surface area contributed by atoms with Gasteiger partial charge >= 0.3 is 12.1 Å². The average molecular weight is 470 g/mol. The molecule has 0 spiro atoms. The lowest BCUT2D eigenvalue weighted by Gasteiger charge is -2.15. The van der Waals surface area contributed by atoms with Crippen molar-refractivity contribution in [1.29, 1.82) is 0 Å². The number of carbonyl (C=O) groups is 3. The van der Waals surface area contributed by atoms with E-state index < -0.39 is 18.0 Å². The molecule has 1 atom stereocenters. The van der Waals surface area contributed by atoms with Crippen LogP contribution in [-0.4, -0.2) is 68.3 Å². The first-order chi connectivity index (χ1) is 16.4. The van der Waals surface area contributed by atoms with Crippen LogP contribution in [0.25, 0.3) is 11.1 Å². The van der Waals surface area contributed by atoms with Crippen LogP contribution in [0.15, 0.2) is 42.5 Å². The number of halogens is 1. The number of nitrogens with zero attached hydrogens (tertiary/aromatic N) is 2. The van der Waals surface area contributed by atoms with Crippen LogP contribution in [0.2, 0.25) is 0 Å². The van der Waals surface area contributed by atoms with Crippen LogP contribution in [0.1, 0.15) is 12.5 Å². The molecule has 10 heteroatoms. The van der Waals surface area contributed by atoms with Gasteiger partial charge in [0.15, 0.2) is 0 Å². The quantitative estimate of drug-likeness (QED) is 0.488. The number of anilines is 1. The maximum absolute atomic E-state index is 14.9. The molecule has 0 bridgehead atoms. The minimum absolute atomic E-state index is 0.0226. The number of rotatable bonds is 9. The van der Waals surface area contributed by atoms with Gasteiger partial charge in [-0.05, 0) is 29.3 Å². The van der Waals surface area contributed by atoms with Gasteiger partial charge in [-0.2, -0.15) is 0 Å². The van der Waals surface area contributed by atoms with Gasteiger partial charge in [0.1, 0.15) is 11.9 Å².